The highest BCUT2D eigenvalue weighted by Crippen LogP contribution is 2.28. The van der Waals surface area contributed by atoms with Crippen molar-refractivity contribution in [3.63, 3.8) is 0 Å². The third kappa shape index (κ3) is 4.16. The summed E-state index contributed by atoms with van der Waals surface area (Å²) >= 11 is 1.41. The highest BCUT2D eigenvalue weighted by molar-refractivity contribution is 8.00. The smallest absolute Gasteiger partial charge is 0.235 e. The number of likely N-dealkylation sites (tertiary alicyclic amines) is 1. The fourth-order valence-corrected chi connectivity index (χ4v) is 4.35. The predicted molar refractivity (Wildman–Crippen MR) is 105 cm³/mol. The molecular weight excluding hydrogens is 362 g/mol. The van der Waals surface area contributed by atoms with E-state index in [0.29, 0.717) is 31.1 Å². The van der Waals surface area contributed by atoms with E-state index in [-0.39, 0.29) is 23.0 Å². The second-order valence-corrected chi connectivity index (χ2v) is 8.22. The number of carbonyl (C=O) groups excluding carboxylic acids is 2. The minimum atomic E-state index is -0.290. The Morgan fingerprint density at radius 3 is 2.48 bits per heavy atom. The van der Waals surface area contributed by atoms with Gasteiger partial charge in [-0.1, -0.05) is 30.0 Å². The zero-order chi connectivity index (χ0) is 19.6. The van der Waals surface area contributed by atoms with E-state index in [1.165, 1.54) is 11.8 Å². The molecule has 1 aliphatic rings. The Morgan fingerprint density at radius 1 is 1.19 bits per heavy atom. The fourth-order valence-electron chi connectivity index (χ4n) is 3.36. The molecule has 8 heteroatoms. The standard InChI is InChI=1S/C19H25N5O2S/c1-12-6-4-5-7-16(12)24-14(3)21-22-19(24)27-13(2)18(26)23-10-8-15(9-11-23)17(20)25/h4-7,13,15H,8-11H2,1-3H3,(H2,20,25). The summed E-state index contributed by atoms with van der Waals surface area (Å²) in [5, 5.41) is 8.90. The van der Waals surface area contributed by atoms with Gasteiger partial charge in [-0.3, -0.25) is 14.2 Å². The largest absolute Gasteiger partial charge is 0.369 e. The first-order chi connectivity index (χ1) is 12.9. The quantitative estimate of drug-likeness (QED) is 0.793. The molecule has 0 bridgehead atoms. The molecule has 0 spiro atoms. The van der Waals surface area contributed by atoms with Crippen LogP contribution in [0.15, 0.2) is 29.4 Å². The van der Waals surface area contributed by atoms with Gasteiger partial charge in [-0.2, -0.15) is 0 Å². The minimum absolute atomic E-state index is 0.0555. The van der Waals surface area contributed by atoms with Crippen molar-refractivity contribution in [1.82, 2.24) is 19.7 Å². The van der Waals surface area contributed by atoms with E-state index in [1.54, 1.807) is 0 Å². The number of rotatable bonds is 5. The second kappa shape index (κ2) is 8.12. The van der Waals surface area contributed by atoms with Crippen LogP contribution in [0.4, 0.5) is 0 Å². The van der Waals surface area contributed by atoms with Crippen LogP contribution in [0.1, 0.15) is 31.2 Å². The van der Waals surface area contributed by atoms with Crippen LogP contribution < -0.4 is 5.73 Å². The van der Waals surface area contributed by atoms with Gasteiger partial charge in [-0.25, -0.2) is 0 Å². The Labute approximate surface area is 163 Å². The van der Waals surface area contributed by atoms with E-state index in [9.17, 15) is 9.59 Å². The van der Waals surface area contributed by atoms with Gasteiger partial charge in [0.15, 0.2) is 5.16 Å². The zero-order valence-electron chi connectivity index (χ0n) is 15.9. The molecule has 1 unspecified atom stereocenters. The number of nitrogens with two attached hydrogens (primary N) is 1. The van der Waals surface area contributed by atoms with E-state index in [4.69, 9.17) is 5.73 Å². The molecule has 144 valence electrons. The number of carbonyl (C=O) groups is 2. The molecule has 0 saturated carbocycles. The number of benzene rings is 1. The summed E-state index contributed by atoms with van der Waals surface area (Å²) in [4.78, 5) is 26.0. The first-order valence-electron chi connectivity index (χ1n) is 9.11. The Bertz CT molecular complexity index is 842. The first kappa shape index (κ1) is 19.4. The van der Waals surface area contributed by atoms with Gasteiger partial charge in [0.25, 0.3) is 0 Å². The number of amides is 2. The summed E-state index contributed by atoms with van der Waals surface area (Å²) in [5.74, 6) is 0.448. The van der Waals surface area contributed by atoms with Gasteiger partial charge in [0, 0.05) is 19.0 Å². The molecule has 2 heterocycles. The van der Waals surface area contributed by atoms with Crippen LogP contribution in [0, 0.1) is 19.8 Å². The lowest BCUT2D eigenvalue weighted by Gasteiger charge is -2.32. The minimum Gasteiger partial charge on any atom is -0.369 e. The van der Waals surface area contributed by atoms with Crippen molar-refractivity contribution in [1.29, 1.82) is 0 Å². The van der Waals surface area contributed by atoms with Crippen LogP contribution in [0.3, 0.4) is 0 Å². The Hall–Kier alpha value is -2.35. The molecule has 2 aromatic rings. The first-order valence-corrected chi connectivity index (χ1v) is 9.99. The van der Waals surface area contributed by atoms with Crippen molar-refractivity contribution in [2.75, 3.05) is 13.1 Å². The van der Waals surface area contributed by atoms with Crippen molar-refractivity contribution in [3.8, 4) is 5.69 Å². The molecule has 1 aromatic carbocycles. The van der Waals surface area contributed by atoms with E-state index < -0.39 is 0 Å². The SMILES string of the molecule is Cc1ccccc1-n1c(C)nnc1SC(C)C(=O)N1CCC(C(N)=O)CC1. The van der Waals surface area contributed by atoms with Crippen LogP contribution in [0.25, 0.3) is 5.69 Å². The maximum Gasteiger partial charge on any atom is 0.235 e. The number of nitrogens with zero attached hydrogens (tertiary/aromatic N) is 4. The average molecular weight is 388 g/mol. The van der Waals surface area contributed by atoms with Gasteiger partial charge in [0.1, 0.15) is 5.82 Å². The van der Waals surface area contributed by atoms with E-state index in [0.717, 1.165) is 17.1 Å². The van der Waals surface area contributed by atoms with E-state index >= 15 is 0 Å². The van der Waals surface area contributed by atoms with Crippen LogP contribution in [0.2, 0.25) is 0 Å². The molecule has 0 radical (unpaired) electrons. The molecule has 2 amide bonds. The van der Waals surface area contributed by atoms with E-state index in [2.05, 4.69) is 10.2 Å². The summed E-state index contributed by atoms with van der Waals surface area (Å²) in [6.07, 6.45) is 1.27. The predicted octanol–water partition coefficient (Wildman–Crippen LogP) is 2.09. The second-order valence-electron chi connectivity index (χ2n) is 6.91. The van der Waals surface area contributed by atoms with Crippen molar-refractivity contribution >= 4 is 23.6 Å². The molecule has 1 fully saturated rings. The van der Waals surface area contributed by atoms with E-state index in [1.807, 2.05) is 54.5 Å². The number of thioether (sulfide) groups is 1. The lowest BCUT2D eigenvalue weighted by molar-refractivity contribution is -0.134. The molecule has 27 heavy (non-hydrogen) atoms. The normalized spacial score (nSPS) is 16.3. The molecule has 0 aliphatic carbocycles. The monoisotopic (exact) mass is 387 g/mol. The highest BCUT2D eigenvalue weighted by atomic mass is 32.2. The van der Waals surface area contributed by atoms with Crippen molar-refractivity contribution in [3.05, 3.63) is 35.7 Å². The fraction of sp³-hybridized carbons (Fsp3) is 0.474. The Kier molecular flexibility index (Phi) is 5.84. The van der Waals surface area contributed by atoms with Crippen LogP contribution in [-0.2, 0) is 9.59 Å². The molecule has 1 saturated heterocycles. The number of aryl methyl sites for hydroxylation is 2. The highest BCUT2D eigenvalue weighted by Gasteiger charge is 2.29. The number of hydrogen-bond donors (Lipinski definition) is 1. The summed E-state index contributed by atoms with van der Waals surface area (Å²) < 4.78 is 1.99. The average Bonchev–Trinajstić information content (AvgIpc) is 3.01. The van der Waals surface area contributed by atoms with Crippen LogP contribution in [-0.4, -0.2) is 49.8 Å². The maximum atomic E-state index is 12.8. The lowest BCUT2D eigenvalue weighted by Crippen LogP contribution is -2.44. The van der Waals surface area contributed by atoms with Gasteiger partial charge in [0.05, 0.1) is 10.9 Å². The zero-order valence-corrected chi connectivity index (χ0v) is 16.7. The third-order valence-corrected chi connectivity index (χ3v) is 6.02. The topological polar surface area (TPSA) is 94.1 Å². The van der Waals surface area contributed by atoms with Crippen molar-refractivity contribution in [2.24, 2.45) is 11.7 Å². The molecule has 7 nitrogen and oxygen atoms in total. The van der Waals surface area contributed by atoms with Gasteiger partial charge in [0.2, 0.25) is 11.8 Å². The van der Waals surface area contributed by atoms with Crippen LogP contribution in [0.5, 0.6) is 0 Å². The summed E-state index contributed by atoms with van der Waals surface area (Å²) in [6.45, 7) is 6.98. The molecular formula is C19H25N5O2S. The maximum absolute atomic E-state index is 12.8. The van der Waals surface area contributed by atoms with Crippen molar-refractivity contribution < 1.29 is 9.59 Å². The lowest BCUT2D eigenvalue weighted by atomic mass is 9.96. The summed E-state index contributed by atoms with van der Waals surface area (Å²) in [6, 6.07) is 8.04. The van der Waals surface area contributed by atoms with Gasteiger partial charge in [-0.05, 0) is 45.2 Å². The van der Waals surface area contributed by atoms with Gasteiger partial charge in [-0.15, -0.1) is 10.2 Å². The Balaban J connectivity index is 1.72. The van der Waals surface area contributed by atoms with Gasteiger partial charge < -0.3 is 10.6 Å². The molecule has 1 aliphatic heterocycles. The molecule has 3 rings (SSSR count). The number of aromatic nitrogens is 3. The molecule has 1 aromatic heterocycles. The number of para-hydroxylation sites is 1. The van der Waals surface area contributed by atoms with Crippen LogP contribution >= 0.6 is 11.8 Å². The molecule has 1 atom stereocenters. The summed E-state index contributed by atoms with van der Waals surface area (Å²) in [5.41, 5.74) is 7.51. The number of hydrogen-bond acceptors (Lipinski definition) is 5. The molecule has 2 N–H and O–H groups in total. The third-order valence-electron chi connectivity index (χ3n) is 4.99. The Morgan fingerprint density at radius 2 is 1.85 bits per heavy atom. The number of primary amides is 1. The van der Waals surface area contributed by atoms with Gasteiger partial charge >= 0.3 is 0 Å². The summed E-state index contributed by atoms with van der Waals surface area (Å²) in [7, 11) is 0. The van der Waals surface area contributed by atoms with Crippen molar-refractivity contribution in [2.45, 2.75) is 44.0 Å². The number of piperidine rings is 1.